The van der Waals surface area contributed by atoms with Crippen LogP contribution < -0.4 is 0 Å². The van der Waals surface area contributed by atoms with Gasteiger partial charge in [-0.1, -0.05) is 17.7 Å². The number of aryl methyl sites for hydroxylation is 1. The molecule has 1 aromatic rings. The lowest BCUT2D eigenvalue weighted by Gasteiger charge is -2.16. The Bertz CT molecular complexity index is 677. The minimum absolute atomic E-state index is 0.167. The van der Waals surface area contributed by atoms with E-state index >= 15 is 0 Å². The predicted molar refractivity (Wildman–Crippen MR) is 108 cm³/mol. The summed E-state index contributed by atoms with van der Waals surface area (Å²) in [6.45, 7) is 5.48. The van der Waals surface area contributed by atoms with E-state index in [1.807, 2.05) is 37.5 Å². The number of Topliss-reactive ketones (excluding diaryl/α,β-unsaturated/α-hetero) is 1. The van der Waals surface area contributed by atoms with Gasteiger partial charge < -0.3 is 9.47 Å². The lowest BCUT2D eigenvalue weighted by molar-refractivity contribution is -0.147. The van der Waals surface area contributed by atoms with Crippen molar-refractivity contribution >= 4 is 29.2 Å². The highest BCUT2D eigenvalue weighted by Gasteiger charge is 2.23. The molecule has 0 aromatic carbocycles. The number of ether oxygens (including phenoxy) is 2. The molecule has 1 unspecified atom stereocenters. The van der Waals surface area contributed by atoms with Gasteiger partial charge in [-0.25, -0.2) is 4.98 Å². The summed E-state index contributed by atoms with van der Waals surface area (Å²) in [6.07, 6.45) is 9.56. The van der Waals surface area contributed by atoms with Crippen LogP contribution in [0.3, 0.4) is 0 Å². The van der Waals surface area contributed by atoms with Crippen LogP contribution in [0.4, 0.5) is 0 Å². The van der Waals surface area contributed by atoms with E-state index in [2.05, 4.69) is 4.98 Å². The maximum atomic E-state index is 12.6. The summed E-state index contributed by atoms with van der Waals surface area (Å²) in [7, 11) is 0. The quantitative estimate of drug-likeness (QED) is 0.548. The first kappa shape index (κ1) is 21.5. The minimum atomic E-state index is -0.413. The highest BCUT2D eigenvalue weighted by Crippen LogP contribution is 2.23. The second-order valence-electron chi connectivity index (χ2n) is 6.74. The van der Waals surface area contributed by atoms with Crippen LogP contribution in [0.1, 0.15) is 56.2 Å². The molecule has 2 heterocycles. The third kappa shape index (κ3) is 8.18. The van der Waals surface area contributed by atoms with Crippen molar-refractivity contribution in [2.45, 2.75) is 52.4 Å². The molecule has 0 N–H and O–H groups in total. The number of ketones is 1. The van der Waals surface area contributed by atoms with Crippen LogP contribution in [-0.2, 0) is 19.1 Å². The van der Waals surface area contributed by atoms with Crippen molar-refractivity contribution in [1.82, 2.24) is 4.98 Å². The topological polar surface area (TPSA) is 65.5 Å². The third-order valence-electron chi connectivity index (χ3n) is 4.43. The van der Waals surface area contributed by atoms with Crippen molar-refractivity contribution in [1.29, 1.82) is 0 Å². The summed E-state index contributed by atoms with van der Waals surface area (Å²) < 4.78 is 11.0. The second-order valence-corrected chi connectivity index (χ2v) is 7.80. The van der Waals surface area contributed by atoms with Crippen LogP contribution in [0.25, 0.3) is 6.08 Å². The maximum absolute atomic E-state index is 12.6. The molecule has 0 amide bonds. The zero-order valence-electron chi connectivity index (χ0n) is 16.2. The fraction of sp³-hybridized carbons (Fsp3) is 0.571. The van der Waals surface area contributed by atoms with Gasteiger partial charge in [0.25, 0.3) is 0 Å². The van der Waals surface area contributed by atoms with Crippen molar-refractivity contribution in [2.24, 2.45) is 5.92 Å². The molecule has 1 aliphatic heterocycles. The first-order valence-corrected chi connectivity index (χ1v) is 10.5. The summed E-state index contributed by atoms with van der Waals surface area (Å²) in [5.41, 5.74) is 1.74. The van der Waals surface area contributed by atoms with Gasteiger partial charge in [0, 0.05) is 24.8 Å². The zero-order chi connectivity index (χ0) is 19.5. The SMILES string of the molecule is CC(=Cc1csc(C)n1)C1CCC(=O)CCCOCCC=CCCOC1=O. The predicted octanol–water partition coefficient (Wildman–Crippen LogP) is 4.51. The maximum Gasteiger partial charge on any atom is 0.313 e. The molecule has 0 radical (unpaired) electrons. The second kappa shape index (κ2) is 11.8. The standard InChI is InChI=1S/C21H29NO4S/c1-16(14-18-15-27-17(2)22-18)20-10-9-19(23)8-7-12-25-11-5-3-4-6-13-26-21(20)24/h3-4,14-15,20H,5-13H2,1-2H3. The monoisotopic (exact) mass is 391 g/mol. The van der Waals surface area contributed by atoms with E-state index in [1.54, 1.807) is 11.3 Å². The first-order chi connectivity index (χ1) is 13.1. The fourth-order valence-corrected chi connectivity index (χ4v) is 3.50. The molecule has 1 aromatic heterocycles. The van der Waals surface area contributed by atoms with Gasteiger partial charge >= 0.3 is 5.97 Å². The summed E-state index contributed by atoms with van der Waals surface area (Å²) in [5.74, 6) is -0.503. The number of cyclic esters (lactones) is 1. The van der Waals surface area contributed by atoms with Gasteiger partial charge in [0.1, 0.15) is 5.78 Å². The molecule has 0 fully saturated rings. The van der Waals surface area contributed by atoms with Gasteiger partial charge in [-0.3, -0.25) is 9.59 Å². The zero-order valence-corrected chi connectivity index (χ0v) is 17.1. The van der Waals surface area contributed by atoms with Crippen LogP contribution >= 0.6 is 11.3 Å². The summed E-state index contributed by atoms with van der Waals surface area (Å²) in [5, 5.41) is 2.95. The number of aromatic nitrogens is 1. The normalized spacial score (nSPS) is 21.9. The van der Waals surface area contributed by atoms with Gasteiger partial charge in [-0.05, 0) is 45.6 Å². The molecular formula is C21H29NO4S. The molecule has 6 heteroatoms. The number of carbonyl (C=O) groups is 2. The van der Waals surface area contributed by atoms with Crippen molar-refractivity contribution in [3.05, 3.63) is 33.8 Å². The lowest BCUT2D eigenvalue weighted by atomic mass is 9.92. The summed E-state index contributed by atoms with van der Waals surface area (Å²) in [6, 6.07) is 0. The molecule has 148 valence electrons. The summed E-state index contributed by atoms with van der Waals surface area (Å²) >= 11 is 1.58. The highest BCUT2D eigenvalue weighted by molar-refractivity contribution is 7.09. The molecule has 2 rings (SSSR count). The van der Waals surface area contributed by atoms with E-state index in [4.69, 9.17) is 9.47 Å². The third-order valence-corrected chi connectivity index (χ3v) is 5.22. The summed E-state index contributed by atoms with van der Waals surface area (Å²) in [4.78, 5) is 29.2. The number of thiazole rings is 1. The number of hydrogen-bond acceptors (Lipinski definition) is 6. The Hall–Kier alpha value is -1.79. The molecule has 1 aliphatic rings. The van der Waals surface area contributed by atoms with E-state index < -0.39 is 5.92 Å². The van der Waals surface area contributed by atoms with Crippen LogP contribution in [0.5, 0.6) is 0 Å². The van der Waals surface area contributed by atoms with E-state index in [0.29, 0.717) is 45.5 Å². The average molecular weight is 392 g/mol. The molecule has 0 aliphatic carbocycles. The molecule has 5 nitrogen and oxygen atoms in total. The average Bonchev–Trinajstić information content (AvgIpc) is 3.03. The van der Waals surface area contributed by atoms with E-state index in [9.17, 15) is 9.59 Å². The number of carbonyl (C=O) groups excluding carboxylic acids is 2. The van der Waals surface area contributed by atoms with E-state index in [-0.39, 0.29) is 11.8 Å². The van der Waals surface area contributed by atoms with Crippen LogP contribution in [0, 0.1) is 12.8 Å². The Labute approximate surface area is 165 Å². The van der Waals surface area contributed by atoms with E-state index in [1.165, 1.54) is 0 Å². The van der Waals surface area contributed by atoms with Gasteiger partial charge in [-0.15, -0.1) is 11.3 Å². The first-order valence-electron chi connectivity index (χ1n) is 9.57. The van der Waals surface area contributed by atoms with Crippen molar-refractivity contribution in [3.8, 4) is 0 Å². The molecule has 0 saturated heterocycles. The van der Waals surface area contributed by atoms with E-state index in [0.717, 1.165) is 29.1 Å². The van der Waals surface area contributed by atoms with Gasteiger partial charge in [0.2, 0.25) is 0 Å². The van der Waals surface area contributed by atoms with Crippen LogP contribution in [-0.4, -0.2) is 36.6 Å². The lowest BCUT2D eigenvalue weighted by Crippen LogP contribution is -2.21. The highest BCUT2D eigenvalue weighted by atomic mass is 32.1. The fourth-order valence-electron chi connectivity index (χ4n) is 2.93. The number of nitrogens with zero attached hydrogens (tertiary/aromatic N) is 1. The Kier molecular flexibility index (Phi) is 9.42. The van der Waals surface area contributed by atoms with Gasteiger partial charge in [-0.2, -0.15) is 0 Å². The minimum Gasteiger partial charge on any atom is -0.465 e. The molecule has 0 bridgehead atoms. The Morgan fingerprint density at radius 3 is 2.70 bits per heavy atom. The number of esters is 1. The van der Waals surface area contributed by atoms with Crippen LogP contribution in [0.2, 0.25) is 0 Å². The Morgan fingerprint density at radius 1 is 1.19 bits per heavy atom. The largest absolute Gasteiger partial charge is 0.465 e. The van der Waals surface area contributed by atoms with Gasteiger partial charge in [0.15, 0.2) is 0 Å². The van der Waals surface area contributed by atoms with Crippen molar-refractivity contribution in [2.75, 3.05) is 19.8 Å². The molecule has 0 saturated carbocycles. The molecular weight excluding hydrogens is 362 g/mol. The van der Waals surface area contributed by atoms with Gasteiger partial charge in [0.05, 0.1) is 29.8 Å². The Morgan fingerprint density at radius 2 is 1.96 bits per heavy atom. The van der Waals surface area contributed by atoms with Crippen LogP contribution in [0.15, 0.2) is 23.1 Å². The van der Waals surface area contributed by atoms with Crippen molar-refractivity contribution in [3.63, 3.8) is 0 Å². The molecule has 0 spiro atoms. The Balaban J connectivity index is 2.07. The number of rotatable bonds is 2. The molecule has 1 atom stereocenters. The molecule has 27 heavy (non-hydrogen) atoms. The van der Waals surface area contributed by atoms with Crippen molar-refractivity contribution < 1.29 is 19.1 Å². The smallest absolute Gasteiger partial charge is 0.313 e. The number of hydrogen-bond donors (Lipinski definition) is 0.